The zero-order chi connectivity index (χ0) is 24.6. The largest absolute Gasteiger partial charge is 0.490 e. The molecule has 0 aliphatic carbocycles. The molecule has 2 N–H and O–H groups in total. The van der Waals surface area contributed by atoms with Crippen LogP contribution in [0.1, 0.15) is 28.8 Å². The maximum Gasteiger partial charge on any atom is 0.259 e. The first kappa shape index (κ1) is 25.4. The number of nitrogens with one attached hydrogen (secondary N) is 1. The summed E-state index contributed by atoms with van der Waals surface area (Å²) in [6.45, 7) is 2.53. The summed E-state index contributed by atoms with van der Waals surface area (Å²) >= 11 is 3.39. The maximum atomic E-state index is 13.1. The summed E-state index contributed by atoms with van der Waals surface area (Å²) in [5, 5.41) is 13.3. The predicted octanol–water partition coefficient (Wildman–Crippen LogP) is 5.53. The molecule has 0 saturated carbocycles. The number of amides is 1. The molecule has 7 heteroatoms. The van der Waals surface area contributed by atoms with E-state index in [0.717, 1.165) is 36.8 Å². The molecule has 4 rings (SSSR count). The standard InChI is InChI=1S/C28H30BrFN2O3/c29-22-6-11-27(26(17-22)28(34)31-24-9-7-23(30)8-10-24)35-19-25(33)18-32-14-12-21(13-15-32)16-20-4-2-1-3-5-20/h1-11,17,21,25,33H,12-16,18-19H2,(H,31,34). The van der Waals surface area contributed by atoms with Gasteiger partial charge in [-0.3, -0.25) is 4.79 Å². The fourth-order valence-corrected chi connectivity index (χ4v) is 4.76. The van der Waals surface area contributed by atoms with Gasteiger partial charge < -0.3 is 20.1 Å². The van der Waals surface area contributed by atoms with Gasteiger partial charge in [0, 0.05) is 16.7 Å². The molecule has 3 aromatic rings. The first-order chi connectivity index (χ1) is 17.0. The summed E-state index contributed by atoms with van der Waals surface area (Å²) in [5.74, 6) is 0.312. The molecule has 5 nitrogen and oxygen atoms in total. The van der Waals surface area contributed by atoms with Crippen molar-refractivity contribution in [3.8, 4) is 5.75 Å². The SMILES string of the molecule is O=C(Nc1ccc(F)cc1)c1cc(Br)ccc1OCC(O)CN1CCC(Cc2ccccc2)CC1. The lowest BCUT2D eigenvalue weighted by Crippen LogP contribution is -2.41. The molecule has 1 amide bonds. The number of rotatable bonds is 9. The highest BCUT2D eigenvalue weighted by molar-refractivity contribution is 9.10. The highest BCUT2D eigenvalue weighted by atomic mass is 79.9. The van der Waals surface area contributed by atoms with Crippen LogP contribution in [0.3, 0.4) is 0 Å². The molecule has 3 aromatic carbocycles. The first-order valence-electron chi connectivity index (χ1n) is 11.9. The number of ether oxygens (including phenoxy) is 1. The van der Waals surface area contributed by atoms with E-state index in [4.69, 9.17) is 4.74 Å². The van der Waals surface area contributed by atoms with Crippen LogP contribution >= 0.6 is 15.9 Å². The molecule has 0 aromatic heterocycles. The van der Waals surface area contributed by atoms with Crippen molar-refractivity contribution in [1.82, 2.24) is 4.90 Å². The fraction of sp³-hybridized carbons (Fsp3) is 0.321. The Bertz CT molecular complexity index is 1100. The zero-order valence-electron chi connectivity index (χ0n) is 19.5. The molecule has 1 heterocycles. The number of likely N-dealkylation sites (tertiary alicyclic amines) is 1. The number of aliphatic hydroxyl groups is 1. The van der Waals surface area contributed by atoms with E-state index in [-0.39, 0.29) is 18.3 Å². The van der Waals surface area contributed by atoms with Gasteiger partial charge in [0.2, 0.25) is 0 Å². The Morgan fingerprint density at radius 3 is 2.51 bits per heavy atom. The molecule has 184 valence electrons. The van der Waals surface area contributed by atoms with Gasteiger partial charge in [-0.25, -0.2) is 4.39 Å². The van der Waals surface area contributed by atoms with Crippen LogP contribution in [0.15, 0.2) is 77.3 Å². The van der Waals surface area contributed by atoms with Gasteiger partial charge in [0.1, 0.15) is 24.3 Å². The number of hydrogen-bond acceptors (Lipinski definition) is 4. The van der Waals surface area contributed by atoms with E-state index >= 15 is 0 Å². The van der Waals surface area contributed by atoms with Gasteiger partial charge in [0.15, 0.2) is 0 Å². The molecule has 0 bridgehead atoms. The van der Waals surface area contributed by atoms with E-state index in [2.05, 4.69) is 50.4 Å². The van der Waals surface area contributed by atoms with Crippen molar-refractivity contribution in [2.75, 3.05) is 31.6 Å². The normalized spacial score (nSPS) is 15.5. The van der Waals surface area contributed by atoms with Crippen molar-refractivity contribution < 1.29 is 19.0 Å². The molecule has 1 saturated heterocycles. The van der Waals surface area contributed by atoms with E-state index < -0.39 is 6.10 Å². The molecule has 1 aliphatic rings. The minimum atomic E-state index is -0.669. The third-order valence-electron chi connectivity index (χ3n) is 6.26. The van der Waals surface area contributed by atoms with Gasteiger partial charge in [0.05, 0.1) is 5.56 Å². The lowest BCUT2D eigenvalue weighted by Gasteiger charge is -2.33. The number of anilines is 1. The number of carbonyl (C=O) groups excluding carboxylic acids is 1. The van der Waals surface area contributed by atoms with E-state index in [0.29, 0.717) is 29.5 Å². The first-order valence-corrected chi connectivity index (χ1v) is 12.7. The maximum absolute atomic E-state index is 13.1. The number of β-amino-alcohol motifs (C(OH)–C–C–N with tert-alkyl or cyclic N) is 1. The highest BCUT2D eigenvalue weighted by Gasteiger charge is 2.22. The lowest BCUT2D eigenvalue weighted by molar-refractivity contribution is 0.0546. The van der Waals surface area contributed by atoms with Gasteiger partial charge >= 0.3 is 0 Å². The number of benzene rings is 3. The van der Waals surface area contributed by atoms with Crippen molar-refractivity contribution in [3.05, 3.63) is 94.2 Å². The third kappa shape index (κ3) is 7.62. The molecule has 35 heavy (non-hydrogen) atoms. The third-order valence-corrected chi connectivity index (χ3v) is 6.76. The van der Waals surface area contributed by atoms with Gasteiger partial charge in [-0.2, -0.15) is 0 Å². The molecular weight excluding hydrogens is 511 g/mol. The summed E-state index contributed by atoms with van der Waals surface area (Å²) in [5.41, 5.74) is 2.20. The summed E-state index contributed by atoms with van der Waals surface area (Å²) in [7, 11) is 0. The topological polar surface area (TPSA) is 61.8 Å². The summed E-state index contributed by atoms with van der Waals surface area (Å²) in [4.78, 5) is 15.1. The molecule has 1 atom stereocenters. The summed E-state index contributed by atoms with van der Waals surface area (Å²) < 4.78 is 19.7. The second-order valence-electron chi connectivity index (χ2n) is 9.00. The Hall–Kier alpha value is -2.74. The van der Waals surface area contributed by atoms with Crippen molar-refractivity contribution in [3.63, 3.8) is 0 Å². The van der Waals surface area contributed by atoms with Crippen molar-refractivity contribution in [2.45, 2.75) is 25.4 Å². The lowest BCUT2D eigenvalue weighted by atomic mass is 9.90. The second-order valence-corrected chi connectivity index (χ2v) is 9.92. The predicted molar refractivity (Wildman–Crippen MR) is 139 cm³/mol. The minimum absolute atomic E-state index is 0.0857. The van der Waals surface area contributed by atoms with Crippen LogP contribution in [0.25, 0.3) is 0 Å². The van der Waals surface area contributed by atoms with Crippen LogP contribution in [0.2, 0.25) is 0 Å². The van der Waals surface area contributed by atoms with E-state index in [9.17, 15) is 14.3 Å². The molecular formula is C28H30BrFN2O3. The average Bonchev–Trinajstić information content (AvgIpc) is 2.86. The molecule has 0 spiro atoms. The zero-order valence-corrected chi connectivity index (χ0v) is 21.1. The Morgan fingerprint density at radius 1 is 1.09 bits per heavy atom. The van der Waals surface area contributed by atoms with E-state index in [1.807, 2.05) is 6.07 Å². The van der Waals surface area contributed by atoms with Crippen molar-refractivity contribution >= 4 is 27.5 Å². The van der Waals surface area contributed by atoms with Gasteiger partial charge in [-0.1, -0.05) is 46.3 Å². The smallest absolute Gasteiger partial charge is 0.259 e. The molecule has 1 aliphatic heterocycles. The van der Waals surface area contributed by atoms with Gasteiger partial charge in [0.25, 0.3) is 5.91 Å². The Kier molecular flexibility index (Phi) is 8.90. The van der Waals surface area contributed by atoms with E-state index in [1.165, 1.54) is 29.8 Å². The highest BCUT2D eigenvalue weighted by Crippen LogP contribution is 2.25. The number of carbonyl (C=O) groups is 1. The van der Waals surface area contributed by atoms with Crippen LogP contribution in [-0.4, -0.2) is 48.3 Å². The monoisotopic (exact) mass is 540 g/mol. The van der Waals surface area contributed by atoms with Crippen LogP contribution in [0.4, 0.5) is 10.1 Å². The second kappa shape index (κ2) is 12.3. The minimum Gasteiger partial charge on any atom is -0.490 e. The summed E-state index contributed by atoms with van der Waals surface area (Å²) in [6, 6.07) is 21.3. The number of aliphatic hydroxyl groups excluding tert-OH is 1. The fourth-order valence-electron chi connectivity index (χ4n) is 4.39. The van der Waals surface area contributed by atoms with Crippen LogP contribution in [0.5, 0.6) is 5.75 Å². The number of halogens is 2. The van der Waals surface area contributed by atoms with Crippen LogP contribution < -0.4 is 10.1 Å². The van der Waals surface area contributed by atoms with Crippen molar-refractivity contribution in [2.24, 2.45) is 5.92 Å². The number of piperidine rings is 1. The molecule has 0 radical (unpaired) electrons. The number of nitrogens with zero attached hydrogens (tertiary/aromatic N) is 1. The Morgan fingerprint density at radius 2 is 1.80 bits per heavy atom. The Balaban J connectivity index is 1.27. The van der Waals surface area contributed by atoms with E-state index in [1.54, 1.807) is 18.2 Å². The molecule has 1 unspecified atom stereocenters. The summed E-state index contributed by atoms with van der Waals surface area (Å²) in [6.07, 6.45) is 2.66. The molecule has 1 fully saturated rings. The van der Waals surface area contributed by atoms with Crippen LogP contribution in [0, 0.1) is 11.7 Å². The quantitative estimate of drug-likeness (QED) is 0.374. The Labute approximate surface area is 214 Å². The van der Waals surface area contributed by atoms with Gasteiger partial charge in [-0.05, 0) is 86.3 Å². The van der Waals surface area contributed by atoms with Crippen molar-refractivity contribution in [1.29, 1.82) is 0 Å². The average molecular weight is 541 g/mol. The van der Waals surface area contributed by atoms with Gasteiger partial charge in [-0.15, -0.1) is 0 Å². The number of hydrogen-bond donors (Lipinski definition) is 2. The van der Waals surface area contributed by atoms with Crippen LogP contribution in [-0.2, 0) is 6.42 Å².